The van der Waals surface area contributed by atoms with Crippen LogP contribution in [0.4, 0.5) is 0 Å². The van der Waals surface area contributed by atoms with Gasteiger partial charge in [-0.3, -0.25) is 9.36 Å². The smallest absolute Gasteiger partial charge is 0.342 e. The molecule has 0 unspecified atom stereocenters. The lowest BCUT2D eigenvalue weighted by Crippen LogP contribution is -2.34. The van der Waals surface area contributed by atoms with Crippen LogP contribution in [0.3, 0.4) is 0 Å². The van der Waals surface area contributed by atoms with Gasteiger partial charge in [0.15, 0.2) is 0 Å². The van der Waals surface area contributed by atoms with Crippen molar-refractivity contribution >= 4 is 13.5 Å². The molecule has 5 nitrogen and oxygen atoms in total. The molecule has 0 saturated carbocycles. The molecule has 0 aliphatic heterocycles. The van der Waals surface area contributed by atoms with Crippen LogP contribution in [0.2, 0.25) is 0 Å². The Kier molecular flexibility index (Phi) is 6.93. The van der Waals surface area contributed by atoms with Crippen molar-refractivity contribution < 1.29 is 18.4 Å². The molecule has 1 aromatic rings. The minimum absolute atomic E-state index is 0.205. The summed E-state index contributed by atoms with van der Waals surface area (Å²) in [7, 11) is -3.30. The number of amides is 1. The number of hydrogen-bond acceptors (Lipinski definition) is 4. The highest BCUT2D eigenvalue weighted by Gasteiger charge is 2.32. The van der Waals surface area contributed by atoms with E-state index in [1.807, 2.05) is 30.3 Å². The van der Waals surface area contributed by atoms with Gasteiger partial charge in [0.2, 0.25) is 5.91 Å². The van der Waals surface area contributed by atoms with Crippen molar-refractivity contribution in [3.63, 3.8) is 0 Å². The van der Waals surface area contributed by atoms with Crippen LogP contribution in [0.1, 0.15) is 26.3 Å². The Hall–Kier alpha value is -1.16. The normalized spacial score (nSPS) is 12.9. The van der Waals surface area contributed by atoms with Gasteiger partial charge in [-0.25, -0.2) is 0 Å². The van der Waals surface area contributed by atoms with Gasteiger partial charge >= 0.3 is 7.60 Å². The largest absolute Gasteiger partial charge is 0.352 e. The highest BCUT2D eigenvalue weighted by Crippen LogP contribution is 2.51. The van der Waals surface area contributed by atoms with E-state index < -0.39 is 13.4 Å². The van der Waals surface area contributed by atoms with Crippen molar-refractivity contribution in [2.24, 2.45) is 0 Å². The van der Waals surface area contributed by atoms with Gasteiger partial charge in [0, 0.05) is 0 Å². The molecule has 112 valence electrons. The average molecular weight is 299 g/mol. The van der Waals surface area contributed by atoms with Crippen molar-refractivity contribution in [3.8, 4) is 0 Å². The second-order valence-corrected chi connectivity index (χ2v) is 6.65. The first kappa shape index (κ1) is 16.9. The highest BCUT2D eigenvalue weighted by atomic mass is 31.2. The number of carbonyl (C=O) groups excluding carboxylic acids is 1. The van der Waals surface area contributed by atoms with Crippen molar-refractivity contribution in [1.29, 1.82) is 0 Å². The van der Waals surface area contributed by atoms with E-state index in [2.05, 4.69) is 5.32 Å². The molecule has 1 aromatic carbocycles. The van der Waals surface area contributed by atoms with Gasteiger partial charge in [0.1, 0.15) is 5.78 Å². The molecule has 0 aliphatic rings. The molecular formula is C14H22NO4P. The molecule has 1 rings (SSSR count). The first-order chi connectivity index (χ1) is 9.51. The molecular weight excluding hydrogens is 277 g/mol. The lowest BCUT2D eigenvalue weighted by molar-refractivity contribution is -0.120. The van der Waals surface area contributed by atoms with Gasteiger partial charge < -0.3 is 14.4 Å². The Balaban J connectivity index is 2.61. The Bertz CT molecular complexity index is 454. The van der Waals surface area contributed by atoms with E-state index in [0.29, 0.717) is 0 Å². The molecule has 1 amide bonds. The van der Waals surface area contributed by atoms with Crippen LogP contribution in [-0.4, -0.2) is 24.9 Å². The molecule has 0 heterocycles. The lowest BCUT2D eigenvalue weighted by Gasteiger charge is -2.24. The first-order valence-corrected chi connectivity index (χ1v) is 8.35. The minimum atomic E-state index is -3.30. The van der Waals surface area contributed by atoms with Crippen LogP contribution in [0, 0.1) is 0 Å². The van der Waals surface area contributed by atoms with Crippen LogP contribution in [0.15, 0.2) is 30.3 Å². The highest BCUT2D eigenvalue weighted by molar-refractivity contribution is 7.54. The lowest BCUT2D eigenvalue weighted by atomic mass is 10.1. The minimum Gasteiger partial charge on any atom is -0.342 e. The van der Waals surface area contributed by atoms with Crippen molar-refractivity contribution in [1.82, 2.24) is 5.32 Å². The third kappa shape index (κ3) is 5.08. The van der Waals surface area contributed by atoms with Crippen LogP contribution in [-0.2, 0) is 24.8 Å². The van der Waals surface area contributed by atoms with Crippen LogP contribution < -0.4 is 5.32 Å². The zero-order valence-electron chi connectivity index (χ0n) is 12.2. The van der Waals surface area contributed by atoms with Crippen LogP contribution >= 0.6 is 7.60 Å². The molecule has 20 heavy (non-hydrogen) atoms. The molecule has 1 atom stereocenters. The van der Waals surface area contributed by atoms with Crippen molar-refractivity contribution in [2.45, 2.75) is 33.0 Å². The Morgan fingerprint density at radius 3 is 2.25 bits per heavy atom. The van der Waals surface area contributed by atoms with E-state index in [-0.39, 0.29) is 25.5 Å². The first-order valence-electron chi connectivity index (χ1n) is 6.74. The van der Waals surface area contributed by atoms with E-state index in [1.54, 1.807) is 20.8 Å². The van der Waals surface area contributed by atoms with Gasteiger partial charge in [-0.1, -0.05) is 30.3 Å². The molecule has 0 spiro atoms. The van der Waals surface area contributed by atoms with E-state index in [1.165, 1.54) is 0 Å². The summed E-state index contributed by atoms with van der Waals surface area (Å²) in [6.07, 6.45) is 0.240. The number of nitrogens with one attached hydrogen (secondary N) is 1. The quantitative estimate of drug-likeness (QED) is 0.750. The summed E-state index contributed by atoms with van der Waals surface area (Å²) in [5.74, 6) is -0.873. The van der Waals surface area contributed by atoms with Crippen LogP contribution in [0.25, 0.3) is 0 Å². The second-order valence-electron chi connectivity index (χ2n) is 4.28. The van der Waals surface area contributed by atoms with Gasteiger partial charge in [-0.15, -0.1) is 0 Å². The number of rotatable bonds is 8. The SMILES string of the molecule is CCOP(=O)(OCC)[C@H](C)NC(=O)Cc1ccccc1. The molecule has 0 saturated heterocycles. The number of carbonyl (C=O) groups is 1. The summed E-state index contributed by atoms with van der Waals surface area (Å²) in [6, 6.07) is 9.38. The van der Waals surface area contributed by atoms with Crippen molar-refractivity contribution in [2.75, 3.05) is 13.2 Å². The fraction of sp³-hybridized carbons (Fsp3) is 0.500. The summed E-state index contributed by atoms with van der Waals surface area (Å²) >= 11 is 0. The Morgan fingerprint density at radius 1 is 1.20 bits per heavy atom. The zero-order chi connectivity index (χ0) is 15.0. The molecule has 0 aromatic heterocycles. The summed E-state index contributed by atoms with van der Waals surface area (Å²) in [4.78, 5) is 11.9. The third-order valence-corrected chi connectivity index (χ3v) is 4.98. The Morgan fingerprint density at radius 2 is 1.75 bits per heavy atom. The molecule has 1 N–H and O–H groups in total. The standard InChI is InChI=1S/C14H22NO4P/c1-4-18-20(17,19-5-2)12(3)15-14(16)11-13-9-7-6-8-10-13/h6-10,12H,4-5,11H2,1-3H3,(H,15,16)/t12-/m1/s1. The molecule has 0 aliphatic carbocycles. The topological polar surface area (TPSA) is 64.6 Å². The van der Waals surface area contributed by atoms with Gasteiger partial charge in [0.25, 0.3) is 0 Å². The van der Waals surface area contributed by atoms with E-state index in [4.69, 9.17) is 9.05 Å². The maximum atomic E-state index is 12.4. The predicted molar refractivity (Wildman–Crippen MR) is 78.6 cm³/mol. The maximum absolute atomic E-state index is 12.4. The average Bonchev–Trinajstić information content (AvgIpc) is 2.40. The molecule has 6 heteroatoms. The van der Waals surface area contributed by atoms with E-state index in [0.717, 1.165) is 5.56 Å². The van der Waals surface area contributed by atoms with Crippen LogP contribution in [0.5, 0.6) is 0 Å². The fourth-order valence-corrected chi connectivity index (χ4v) is 3.31. The van der Waals surface area contributed by atoms with Gasteiger partial charge in [-0.05, 0) is 26.3 Å². The molecule has 0 fully saturated rings. The van der Waals surface area contributed by atoms with E-state index >= 15 is 0 Å². The molecule has 0 bridgehead atoms. The predicted octanol–water partition coefficient (Wildman–Crippen LogP) is 2.96. The fourth-order valence-electron chi connectivity index (χ4n) is 1.77. The number of hydrogen-bond donors (Lipinski definition) is 1. The third-order valence-electron chi connectivity index (χ3n) is 2.67. The molecule has 0 radical (unpaired) electrons. The van der Waals surface area contributed by atoms with Crippen molar-refractivity contribution in [3.05, 3.63) is 35.9 Å². The summed E-state index contributed by atoms with van der Waals surface area (Å²) in [5.41, 5.74) is 0.903. The summed E-state index contributed by atoms with van der Waals surface area (Å²) < 4.78 is 22.8. The van der Waals surface area contributed by atoms with Gasteiger partial charge in [-0.2, -0.15) is 0 Å². The summed E-state index contributed by atoms with van der Waals surface area (Å²) in [6.45, 7) is 5.66. The number of benzene rings is 1. The monoisotopic (exact) mass is 299 g/mol. The zero-order valence-corrected chi connectivity index (χ0v) is 13.1. The van der Waals surface area contributed by atoms with E-state index in [9.17, 15) is 9.36 Å². The maximum Gasteiger partial charge on any atom is 0.352 e. The Labute approximate surface area is 120 Å². The second kappa shape index (κ2) is 8.20. The summed E-state index contributed by atoms with van der Waals surface area (Å²) in [5, 5.41) is 2.69. The van der Waals surface area contributed by atoms with Gasteiger partial charge in [0.05, 0.1) is 19.6 Å².